The van der Waals surface area contributed by atoms with Crippen LogP contribution in [0.4, 0.5) is 0 Å². The van der Waals surface area contributed by atoms with E-state index in [4.69, 9.17) is 0 Å². The second-order valence-electron chi connectivity index (χ2n) is 19.2. The zero-order chi connectivity index (χ0) is 43.0. The first kappa shape index (κ1) is 58.4. The normalized spacial score (nSPS) is 13.2. The average molecular weight is 836 g/mol. The summed E-state index contributed by atoms with van der Waals surface area (Å²) in [5.41, 5.74) is 0. The SMILES string of the molecule is CCCCCCCCCCCCCCCCCCCCCCCCCCCCC(O)C(=O)NC(CO)C(O)CCCCCCCCCCCCCCCCCCCCC. The molecule has 1 amide bonds. The van der Waals surface area contributed by atoms with E-state index < -0.39 is 24.2 Å². The highest BCUT2D eigenvalue weighted by atomic mass is 16.3. The molecule has 0 heterocycles. The highest BCUT2D eigenvalue weighted by molar-refractivity contribution is 5.80. The Bertz CT molecular complexity index is 792. The van der Waals surface area contributed by atoms with Crippen LogP contribution >= 0.6 is 0 Å². The van der Waals surface area contributed by atoms with Crippen molar-refractivity contribution in [2.45, 2.75) is 334 Å². The lowest BCUT2D eigenvalue weighted by molar-refractivity contribution is -0.131. The fourth-order valence-corrected chi connectivity index (χ4v) is 8.96. The van der Waals surface area contributed by atoms with Gasteiger partial charge in [-0.2, -0.15) is 0 Å². The summed E-state index contributed by atoms with van der Waals surface area (Å²) in [5, 5.41) is 33.5. The minimum Gasteiger partial charge on any atom is -0.394 e. The van der Waals surface area contributed by atoms with Gasteiger partial charge in [-0.1, -0.05) is 303 Å². The molecule has 0 saturated carbocycles. The number of unbranched alkanes of at least 4 members (excludes halogenated alkanes) is 43. The molecule has 0 bridgehead atoms. The molecule has 0 rings (SSSR count). The zero-order valence-electron chi connectivity index (χ0n) is 40.4. The molecular weight excluding hydrogens is 727 g/mol. The smallest absolute Gasteiger partial charge is 0.249 e. The number of rotatable bonds is 51. The largest absolute Gasteiger partial charge is 0.394 e. The van der Waals surface area contributed by atoms with Crippen LogP contribution in [0, 0.1) is 0 Å². The highest BCUT2D eigenvalue weighted by Gasteiger charge is 2.23. The van der Waals surface area contributed by atoms with Crippen molar-refractivity contribution in [1.29, 1.82) is 0 Å². The minimum atomic E-state index is -1.07. The third kappa shape index (κ3) is 45.2. The van der Waals surface area contributed by atoms with Gasteiger partial charge in [0, 0.05) is 0 Å². The fraction of sp³-hybridized carbons (Fsp3) is 0.981. The predicted molar refractivity (Wildman–Crippen MR) is 259 cm³/mol. The van der Waals surface area contributed by atoms with Crippen molar-refractivity contribution in [3.63, 3.8) is 0 Å². The molecule has 4 N–H and O–H groups in total. The molecule has 0 aliphatic heterocycles. The van der Waals surface area contributed by atoms with Gasteiger partial charge in [-0.05, 0) is 12.8 Å². The van der Waals surface area contributed by atoms with E-state index in [-0.39, 0.29) is 6.61 Å². The van der Waals surface area contributed by atoms with Gasteiger partial charge in [-0.15, -0.1) is 0 Å². The number of carbonyl (C=O) groups is 1. The van der Waals surface area contributed by atoms with Crippen LogP contribution in [0.2, 0.25) is 0 Å². The number of hydrogen-bond donors (Lipinski definition) is 4. The molecule has 0 aromatic heterocycles. The van der Waals surface area contributed by atoms with Crippen LogP contribution in [0.15, 0.2) is 0 Å². The summed E-state index contributed by atoms with van der Waals surface area (Å²) in [4.78, 5) is 12.6. The number of aliphatic hydroxyl groups excluding tert-OH is 3. The minimum absolute atomic E-state index is 0.307. The molecule has 0 aromatic carbocycles. The summed E-state index contributed by atoms with van der Waals surface area (Å²) < 4.78 is 0. The number of nitrogens with one attached hydrogen (secondary N) is 1. The molecule has 0 aromatic rings. The van der Waals surface area contributed by atoms with E-state index in [1.54, 1.807) is 0 Å². The molecular formula is C54H109NO4. The van der Waals surface area contributed by atoms with Gasteiger partial charge < -0.3 is 20.6 Å². The highest BCUT2D eigenvalue weighted by Crippen LogP contribution is 2.18. The van der Waals surface area contributed by atoms with E-state index >= 15 is 0 Å². The molecule has 59 heavy (non-hydrogen) atoms. The van der Waals surface area contributed by atoms with Crippen LogP contribution < -0.4 is 5.32 Å². The Hall–Kier alpha value is -0.650. The molecule has 0 fully saturated rings. The van der Waals surface area contributed by atoms with E-state index in [1.807, 2.05) is 0 Å². The van der Waals surface area contributed by atoms with Crippen LogP contribution in [0.25, 0.3) is 0 Å². The van der Waals surface area contributed by atoms with Crippen LogP contribution in [0.1, 0.15) is 316 Å². The van der Waals surface area contributed by atoms with E-state index in [0.717, 1.165) is 32.1 Å². The molecule has 0 radical (unpaired) electrons. The summed E-state index contributed by atoms with van der Waals surface area (Å²) in [6.45, 7) is 4.28. The van der Waals surface area contributed by atoms with Crippen molar-refractivity contribution >= 4 is 5.91 Å². The van der Waals surface area contributed by atoms with Crippen molar-refractivity contribution in [2.24, 2.45) is 0 Å². The molecule has 5 heteroatoms. The quantitative estimate of drug-likeness (QED) is 0.0460. The van der Waals surface area contributed by atoms with Gasteiger partial charge in [0.15, 0.2) is 0 Å². The maximum atomic E-state index is 12.6. The van der Waals surface area contributed by atoms with Gasteiger partial charge in [-0.3, -0.25) is 4.79 Å². The van der Waals surface area contributed by atoms with Crippen LogP contribution in [-0.2, 0) is 4.79 Å². The predicted octanol–water partition coefficient (Wildman–Crippen LogP) is 16.6. The summed E-state index contributed by atoms with van der Waals surface area (Å²) in [5.74, 6) is -0.462. The first-order chi connectivity index (χ1) is 29.1. The van der Waals surface area contributed by atoms with Crippen molar-refractivity contribution in [1.82, 2.24) is 5.32 Å². The molecule has 0 spiro atoms. The van der Waals surface area contributed by atoms with Crippen molar-refractivity contribution in [3.8, 4) is 0 Å². The van der Waals surface area contributed by atoms with E-state index in [2.05, 4.69) is 19.2 Å². The summed E-state index contributed by atoms with van der Waals surface area (Å²) >= 11 is 0. The van der Waals surface area contributed by atoms with Crippen molar-refractivity contribution in [2.75, 3.05) is 6.61 Å². The average Bonchev–Trinajstić information content (AvgIpc) is 3.24. The number of amides is 1. The first-order valence-corrected chi connectivity index (χ1v) is 27.3. The number of aliphatic hydroxyl groups is 3. The Morgan fingerprint density at radius 1 is 0.339 bits per heavy atom. The van der Waals surface area contributed by atoms with Gasteiger partial charge in [0.1, 0.15) is 6.10 Å². The second-order valence-corrected chi connectivity index (χ2v) is 19.2. The third-order valence-electron chi connectivity index (χ3n) is 13.2. The Balaban J connectivity index is 3.49. The molecule has 5 nitrogen and oxygen atoms in total. The first-order valence-electron chi connectivity index (χ1n) is 27.3. The Morgan fingerprint density at radius 2 is 0.542 bits per heavy atom. The van der Waals surface area contributed by atoms with E-state index in [1.165, 1.54) is 257 Å². The number of carbonyl (C=O) groups excluding carboxylic acids is 1. The molecule has 0 aliphatic rings. The molecule has 354 valence electrons. The van der Waals surface area contributed by atoms with E-state index in [9.17, 15) is 20.1 Å². The lowest BCUT2D eigenvalue weighted by atomic mass is 10.0. The monoisotopic (exact) mass is 836 g/mol. The Labute approximate surface area is 370 Å². The van der Waals surface area contributed by atoms with Crippen molar-refractivity contribution < 1.29 is 20.1 Å². The maximum absolute atomic E-state index is 12.6. The van der Waals surface area contributed by atoms with Gasteiger partial charge in [0.05, 0.1) is 18.8 Å². The van der Waals surface area contributed by atoms with E-state index in [0.29, 0.717) is 12.8 Å². The molecule has 0 saturated heterocycles. The van der Waals surface area contributed by atoms with Crippen LogP contribution in [-0.4, -0.2) is 46.1 Å². The number of hydrogen-bond acceptors (Lipinski definition) is 4. The van der Waals surface area contributed by atoms with Crippen LogP contribution in [0.5, 0.6) is 0 Å². The topological polar surface area (TPSA) is 89.8 Å². The second kappa shape index (κ2) is 50.0. The summed E-state index contributed by atoms with van der Waals surface area (Å²) in [7, 11) is 0. The maximum Gasteiger partial charge on any atom is 0.249 e. The molecule has 3 atom stereocenters. The van der Waals surface area contributed by atoms with Crippen LogP contribution in [0.3, 0.4) is 0 Å². The zero-order valence-corrected chi connectivity index (χ0v) is 40.4. The lowest BCUT2D eigenvalue weighted by Gasteiger charge is -2.23. The summed E-state index contributed by atoms with van der Waals surface area (Å²) in [6, 6.07) is -0.707. The summed E-state index contributed by atoms with van der Waals surface area (Å²) in [6.07, 6.45) is 60.0. The molecule has 0 aliphatic carbocycles. The lowest BCUT2D eigenvalue weighted by Crippen LogP contribution is -2.49. The van der Waals surface area contributed by atoms with Gasteiger partial charge in [0.2, 0.25) is 5.91 Å². The van der Waals surface area contributed by atoms with Gasteiger partial charge in [0.25, 0.3) is 0 Å². The molecule has 3 unspecified atom stereocenters. The van der Waals surface area contributed by atoms with Gasteiger partial charge >= 0.3 is 0 Å². The third-order valence-corrected chi connectivity index (χ3v) is 13.2. The Kier molecular flexibility index (Phi) is 49.4. The standard InChI is InChI=1S/C54H109NO4/c1-3-5-7-9-11-13-15-17-19-21-23-24-25-26-27-28-29-31-33-35-37-39-41-43-45-47-49-53(58)54(59)55-51(50-56)52(57)48-46-44-42-40-38-36-34-32-30-22-20-18-16-14-12-10-8-6-4-2/h51-53,56-58H,3-50H2,1-2H3,(H,55,59). The van der Waals surface area contributed by atoms with Crippen molar-refractivity contribution in [3.05, 3.63) is 0 Å². The fourth-order valence-electron chi connectivity index (χ4n) is 8.96. The Morgan fingerprint density at radius 3 is 0.763 bits per heavy atom. The van der Waals surface area contributed by atoms with Gasteiger partial charge in [-0.25, -0.2) is 0 Å².